The molecule has 0 aliphatic carbocycles. The van der Waals surface area contributed by atoms with Gasteiger partial charge < -0.3 is 24.8 Å². The van der Waals surface area contributed by atoms with Crippen LogP contribution in [-0.2, 0) is 9.59 Å². The molecule has 0 radical (unpaired) electrons. The topological polar surface area (TPSA) is 130 Å². The summed E-state index contributed by atoms with van der Waals surface area (Å²) < 4.78 is 11.3. The highest BCUT2D eigenvalue weighted by Gasteiger charge is 2.16. The number of benzene rings is 2. The van der Waals surface area contributed by atoms with Crippen LogP contribution in [0.4, 0.5) is 0 Å². The summed E-state index contributed by atoms with van der Waals surface area (Å²) in [6.07, 6.45) is 5.94. The number of carboxylic acids is 1. The number of aromatic carboxylic acids is 1. The quantitative estimate of drug-likeness (QED) is 0.181. The monoisotopic (exact) mass is 484 g/mol. The molecule has 0 fully saturated rings. The SMILES string of the molecule is C=CC(=O)CCCCOc1cccc(C(=O)O)c1OCCCCC(=O)C=C.Oc1ccc(O)cc1. The van der Waals surface area contributed by atoms with Crippen LogP contribution in [0.5, 0.6) is 23.0 Å². The lowest BCUT2D eigenvalue weighted by Gasteiger charge is -2.15. The molecule has 2 aromatic rings. The third-order valence-corrected chi connectivity index (χ3v) is 4.65. The Bertz CT molecular complexity index is 958. The minimum absolute atomic E-state index is 0.0122. The third kappa shape index (κ3) is 12.1. The lowest BCUT2D eigenvalue weighted by atomic mass is 10.1. The van der Waals surface area contributed by atoms with Gasteiger partial charge in [0.25, 0.3) is 0 Å². The van der Waals surface area contributed by atoms with Crippen molar-refractivity contribution in [2.75, 3.05) is 13.2 Å². The fourth-order valence-electron chi connectivity index (χ4n) is 2.76. The molecule has 0 spiro atoms. The molecule has 0 saturated carbocycles. The third-order valence-electron chi connectivity index (χ3n) is 4.65. The summed E-state index contributed by atoms with van der Waals surface area (Å²) in [6.45, 7) is 7.47. The number of rotatable bonds is 15. The highest BCUT2D eigenvalue weighted by molar-refractivity contribution is 5.92. The molecule has 0 unspecified atom stereocenters. The minimum Gasteiger partial charge on any atom is -0.508 e. The van der Waals surface area contributed by atoms with E-state index < -0.39 is 5.97 Å². The van der Waals surface area contributed by atoms with Crippen LogP contribution in [0.1, 0.15) is 48.9 Å². The van der Waals surface area contributed by atoms with Crippen LogP contribution >= 0.6 is 0 Å². The number of unbranched alkanes of at least 4 members (excludes halogenated alkanes) is 2. The Morgan fingerprint density at radius 3 is 1.69 bits per heavy atom. The Labute approximate surface area is 205 Å². The van der Waals surface area contributed by atoms with Crippen molar-refractivity contribution in [1.29, 1.82) is 0 Å². The molecule has 0 amide bonds. The fourth-order valence-corrected chi connectivity index (χ4v) is 2.76. The number of phenols is 2. The van der Waals surface area contributed by atoms with E-state index in [1.165, 1.54) is 42.5 Å². The van der Waals surface area contributed by atoms with Crippen LogP contribution in [0.25, 0.3) is 0 Å². The number of ketones is 2. The molecule has 2 aromatic carbocycles. The maximum Gasteiger partial charge on any atom is 0.339 e. The molecular formula is C27H32O8. The summed E-state index contributed by atoms with van der Waals surface area (Å²) in [7, 11) is 0. The number of aromatic hydroxyl groups is 2. The smallest absolute Gasteiger partial charge is 0.339 e. The molecule has 0 atom stereocenters. The van der Waals surface area contributed by atoms with Crippen LogP contribution in [0.3, 0.4) is 0 Å². The molecule has 3 N–H and O–H groups in total. The lowest BCUT2D eigenvalue weighted by Crippen LogP contribution is -2.08. The summed E-state index contributed by atoms with van der Waals surface area (Å²) in [5.74, 6) is -0.268. The summed E-state index contributed by atoms with van der Waals surface area (Å²) in [4.78, 5) is 33.8. The summed E-state index contributed by atoms with van der Waals surface area (Å²) >= 11 is 0. The predicted octanol–water partition coefficient (Wildman–Crippen LogP) is 5.09. The first-order valence-electron chi connectivity index (χ1n) is 11.2. The second-order valence-corrected chi connectivity index (χ2v) is 7.41. The van der Waals surface area contributed by atoms with Gasteiger partial charge in [0, 0.05) is 12.8 Å². The summed E-state index contributed by atoms with van der Waals surface area (Å²) in [5.41, 5.74) is 0.0245. The highest BCUT2D eigenvalue weighted by atomic mass is 16.5. The van der Waals surface area contributed by atoms with E-state index >= 15 is 0 Å². The van der Waals surface area contributed by atoms with E-state index in [0.717, 1.165) is 0 Å². The molecule has 35 heavy (non-hydrogen) atoms. The predicted molar refractivity (Wildman–Crippen MR) is 132 cm³/mol. The van der Waals surface area contributed by atoms with Crippen molar-refractivity contribution in [1.82, 2.24) is 0 Å². The van der Waals surface area contributed by atoms with Gasteiger partial charge in [0.15, 0.2) is 23.1 Å². The largest absolute Gasteiger partial charge is 0.508 e. The van der Waals surface area contributed by atoms with Crippen molar-refractivity contribution in [3.8, 4) is 23.0 Å². The van der Waals surface area contributed by atoms with E-state index in [1.807, 2.05) is 0 Å². The Hall–Kier alpha value is -4.07. The number of carboxylic acid groups (broad SMARTS) is 1. The Morgan fingerprint density at radius 2 is 1.23 bits per heavy atom. The molecule has 8 nitrogen and oxygen atoms in total. The molecule has 0 saturated heterocycles. The lowest BCUT2D eigenvalue weighted by molar-refractivity contribution is -0.115. The molecule has 0 heterocycles. The second-order valence-electron chi connectivity index (χ2n) is 7.41. The van der Waals surface area contributed by atoms with Crippen molar-refractivity contribution in [3.63, 3.8) is 0 Å². The van der Waals surface area contributed by atoms with Crippen molar-refractivity contribution in [2.24, 2.45) is 0 Å². The zero-order valence-electron chi connectivity index (χ0n) is 19.7. The van der Waals surface area contributed by atoms with Crippen molar-refractivity contribution < 1.29 is 39.2 Å². The summed E-state index contributed by atoms with van der Waals surface area (Å²) in [5, 5.41) is 26.6. The molecular weight excluding hydrogens is 452 g/mol. The van der Waals surface area contributed by atoms with Crippen LogP contribution < -0.4 is 9.47 Å². The average Bonchev–Trinajstić information content (AvgIpc) is 2.85. The van der Waals surface area contributed by atoms with Crippen LogP contribution in [0.2, 0.25) is 0 Å². The average molecular weight is 485 g/mol. The second kappa shape index (κ2) is 16.5. The number of hydrogen-bond donors (Lipinski definition) is 3. The zero-order valence-corrected chi connectivity index (χ0v) is 19.7. The Kier molecular flexibility index (Phi) is 13.7. The molecule has 2 rings (SSSR count). The number of para-hydroxylation sites is 1. The summed E-state index contributed by atoms with van der Waals surface area (Å²) in [6, 6.07) is 10.4. The van der Waals surface area contributed by atoms with E-state index in [1.54, 1.807) is 12.1 Å². The number of hydrogen-bond acceptors (Lipinski definition) is 7. The first kappa shape index (κ1) is 29.0. The normalized spacial score (nSPS) is 9.83. The maximum atomic E-state index is 11.4. The highest BCUT2D eigenvalue weighted by Crippen LogP contribution is 2.32. The molecule has 0 aromatic heterocycles. The number of ether oxygens (including phenoxy) is 2. The maximum absolute atomic E-state index is 11.4. The molecule has 188 valence electrons. The van der Waals surface area contributed by atoms with Gasteiger partial charge in [0.2, 0.25) is 0 Å². The molecule has 0 aliphatic heterocycles. The van der Waals surface area contributed by atoms with Gasteiger partial charge >= 0.3 is 5.97 Å². The molecule has 0 bridgehead atoms. The number of phenolic OH excluding ortho intramolecular Hbond substituents is 2. The number of allylic oxidation sites excluding steroid dienone is 2. The van der Waals surface area contributed by atoms with E-state index in [2.05, 4.69) is 13.2 Å². The van der Waals surface area contributed by atoms with E-state index in [-0.39, 0.29) is 41.0 Å². The number of carbonyl (C=O) groups is 3. The van der Waals surface area contributed by atoms with Gasteiger partial charge in [-0.05, 0) is 74.2 Å². The molecule has 0 aliphatic rings. The van der Waals surface area contributed by atoms with E-state index in [0.29, 0.717) is 50.9 Å². The van der Waals surface area contributed by atoms with Gasteiger partial charge in [-0.2, -0.15) is 0 Å². The van der Waals surface area contributed by atoms with Gasteiger partial charge in [-0.15, -0.1) is 0 Å². The van der Waals surface area contributed by atoms with Gasteiger partial charge in [-0.25, -0.2) is 4.79 Å². The van der Waals surface area contributed by atoms with Crippen molar-refractivity contribution in [3.05, 3.63) is 73.3 Å². The Morgan fingerprint density at radius 1 is 0.743 bits per heavy atom. The van der Waals surface area contributed by atoms with Gasteiger partial charge in [0.05, 0.1) is 13.2 Å². The van der Waals surface area contributed by atoms with Gasteiger partial charge in [-0.1, -0.05) is 19.2 Å². The van der Waals surface area contributed by atoms with Crippen LogP contribution in [0.15, 0.2) is 67.8 Å². The van der Waals surface area contributed by atoms with Crippen molar-refractivity contribution >= 4 is 17.5 Å². The number of carbonyl (C=O) groups excluding carboxylic acids is 2. The van der Waals surface area contributed by atoms with E-state index in [4.69, 9.17) is 19.7 Å². The van der Waals surface area contributed by atoms with E-state index in [9.17, 15) is 19.5 Å². The van der Waals surface area contributed by atoms with Crippen LogP contribution in [0, 0.1) is 0 Å². The van der Waals surface area contributed by atoms with Crippen LogP contribution in [-0.4, -0.2) is 46.1 Å². The first-order valence-corrected chi connectivity index (χ1v) is 11.2. The molecule has 8 heteroatoms. The zero-order chi connectivity index (χ0) is 26.1. The minimum atomic E-state index is -1.10. The standard InChI is InChI=1S/C21H26O6.C6H6O2/c1-3-16(22)10-5-7-14-26-19-13-9-12-18(21(24)25)20(19)27-15-8-6-11-17(23)4-2;7-5-1-2-6(8)4-3-5/h3-4,9,12-13H,1-2,5-8,10-11,14-15H2,(H,24,25);1-4,7-8H. The fraction of sp³-hybridized carbons (Fsp3) is 0.296. The van der Waals surface area contributed by atoms with Gasteiger partial charge in [0.1, 0.15) is 17.1 Å². The van der Waals surface area contributed by atoms with Crippen molar-refractivity contribution in [2.45, 2.75) is 38.5 Å². The van der Waals surface area contributed by atoms with Gasteiger partial charge in [-0.3, -0.25) is 9.59 Å². The first-order chi connectivity index (χ1) is 16.8. The Balaban J connectivity index is 0.000000642.